The number of ether oxygens (including phenoxy) is 2. The summed E-state index contributed by atoms with van der Waals surface area (Å²) in [4.78, 5) is 34.0. The predicted octanol–water partition coefficient (Wildman–Crippen LogP) is 2.15. The lowest BCUT2D eigenvalue weighted by Gasteiger charge is -2.15. The molecular formula is C19H21N3O6. The number of non-ortho nitro benzene ring substituents is 1. The first kappa shape index (κ1) is 20.7. The van der Waals surface area contributed by atoms with E-state index in [1.807, 2.05) is 6.92 Å². The molecule has 0 aliphatic carbocycles. The summed E-state index contributed by atoms with van der Waals surface area (Å²) in [6.07, 6.45) is -0.871. The molecule has 0 aliphatic heterocycles. The second-order valence-corrected chi connectivity index (χ2v) is 5.80. The third-order valence-corrected chi connectivity index (χ3v) is 3.65. The van der Waals surface area contributed by atoms with E-state index < -0.39 is 22.8 Å². The number of benzene rings is 2. The second-order valence-electron chi connectivity index (χ2n) is 5.80. The molecule has 0 fully saturated rings. The standard InChI is InChI=1S/C19H21N3O6/c1-3-27-16-8-10-17(11-9-16)28-13(2)19(24)21-20-18(23)12-14-4-6-15(7-5-14)22(25)26/h4-11,13H,3,12H2,1-2H3,(H,20,23)(H,21,24)/t13-/m0/s1. The number of nitro benzene ring substituents is 1. The van der Waals surface area contributed by atoms with Crippen molar-refractivity contribution in [3.63, 3.8) is 0 Å². The minimum absolute atomic E-state index is 0.0353. The fourth-order valence-corrected chi connectivity index (χ4v) is 2.24. The Morgan fingerprint density at radius 2 is 1.64 bits per heavy atom. The van der Waals surface area contributed by atoms with Gasteiger partial charge in [0, 0.05) is 12.1 Å². The van der Waals surface area contributed by atoms with Crippen molar-refractivity contribution in [2.45, 2.75) is 26.4 Å². The molecular weight excluding hydrogens is 366 g/mol. The van der Waals surface area contributed by atoms with E-state index in [9.17, 15) is 19.7 Å². The highest BCUT2D eigenvalue weighted by Gasteiger charge is 2.16. The molecule has 1 atom stereocenters. The number of amides is 2. The number of hydrogen-bond acceptors (Lipinski definition) is 6. The molecule has 9 nitrogen and oxygen atoms in total. The van der Waals surface area contributed by atoms with Gasteiger partial charge in [-0.1, -0.05) is 12.1 Å². The van der Waals surface area contributed by atoms with Crippen LogP contribution in [-0.2, 0) is 16.0 Å². The lowest BCUT2D eigenvalue weighted by atomic mass is 10.1. The molecule has 2 aromatic carbocycles. The molecule has 2 amide bonds. The molecule has 0 heterocycles. The molecule has 0 unspecified atom stereocenters. The summed E-state index contributed by atoms with van der Waals surface area (Å²) >= 11 is 0. The van der Waals surface area contributed by atoms with Gasteiger partial charge in [-0.05, 0) is 43.7 Å². The van der Waals surface area contributed by atoms with Crippen molar-refractivity contribution in [1.82, 2.24) is 10.9 Å². The molecule has 148 valence electrons. The largest absolute Gasteiger partial charge is 0.494 e. The van der Waals surface area contributed by atoms with E-state index in [1.165, 1.54) is 24.3 Å². The molecule has 0 saturated heterocycles. The molecule has 0 aromatic heterocycles. The Bertz CT molecular complexity index is 821. The quantitative estimate of drug-likeness (QED) is 0.529. The van der Waals surface area contributed by atoms with E-state index in [-0.39, 0.29) is 12.1 Å². The number of nitro groups is 1. The second kappa shape index (κ2) is 9.91. The maximum atomic E-state index is 12.0. The average molecular weight is 387 g/mol. The highest BCUT2D eigenvalue weighted by atomic mass is 16.6. The van der Waals surface area contributed by atoms with Crippen LogP contribution < -0.4 is 20.3 Å². The average Bonchev–Trinajstić information content (AvgIpc) is 2.68. The number of hydrogen-bond donors (Lipinski definition) is 2. The Hall–Kier alpha value is -3.62. The fraction of sp³-hybridized carbons (Fsp3) is 0.263. The van der Waals surface area contributed by atoms with Crippen LogP contribution in [0.3, 0.4) is 0 Å². The Balaban J connectivity index is 1.78. The molecule has 0 aliphatic rings. The zero-order valence-corrected chi connectivity index (χ0v) is 15.5. The summed E-state index contributed by atoms with van der Waals surface area (Å²) in [5, 5.41) is 10.6. The van der Waals surface area contributed by atoms with Gasteiger partial charge in [0.2, 0.25) is 5.91 Å². The first-order chi connectivity index (χ1) is 13.4. The van der Waals surface area contributed by atoms with Gasteiger partial charge in [-0.15, -0.1) is 0 Å². The van der Waals surface area contributed by atoms with Gasteiger partial charge in [0.15, 0.2) is 6.10 Å². The van der Waals surface area contributed by atoms with Crippen molar-refractivity contribution >= 4 is 17.5 Å². The van der Waals surface area contributed by atoms with Crippen LogP contribution in [0.25, 0.3) is 0 Å². The van der Waals surface area contributed by atoms with E-state index in [0.29, 0.717) is 23.7 Å². The van der Waals surface area contributed by atoms with Crippen molar-refractivity contribution in [3.05, 3.63) is 64.2 Å². The van der Waals surface area contributed by atoms with Crippen LogP contribution in [0.5, 0.6) is 11.5 Å². The van der Waals surface area contributed by atoms with Crippen molar-refractivity contribution in [2.75, 3.05) is 6.61 Å². The van der Waals surface area contributed by atoms with Crippen LogP contribution in [0.15, 0.2) is 48.5 Å². The molecule has 2 aromatic rings. The normalized spacial score (nSPS) is 11.2. The minimum Gasteiger partial charge on any atom is -0.494 e. The number of nitrogens with zero attached hydrogens (tertiary/aromatic N) is 1. The summed E-state index contributed by atoms with van der Waals surface area (Å²) in [7, 11) is 0. The highest BCUT2D eigenvalue weighted by molar-refractivity contribution is 5.85. The lowest BCUT2D eigenvalue weighted by molar-refractivity contribution is -0.384. The van der Waals surface area contributed by atoms with Gasteiger partial charge in [-0.3, -0.25) is 30.6 Å². The van der Waals surface area contributed by atoms with Crippen LogP contribution in [0.2, 0.25) is 0 Å². The van der Waals surface area contributed by atoms with E-state index in [1.54, 1.807) is 31.2 Å². The number of hydrazine groups is 1. The van der Waals surface area contributed by atoms with E-state index in [0.717, 1.165) is 0 Å². The van der Waals surface area contributed by atoms with Gasteiger partial charge >= 0.3 is 0 Å². The minimum atomic E-state index is -0.836. The Kier molecular flexibility index (Phi) is 7.32. The summed E-state index contributed by atoms with van der Waals surface area (Å²) in [5.74, 6) is 0.204. The molecule has 0 bridgehead atoms. The zero-order chi connectivity index (χ0) is 20.5. The van der Waals surface area contributed by atoms with Crippen LogP contribution in [0, 0.1) is 10.1 Å². The topological polar surface area (TPSA) is 120 Å². The van der Waals surface area contributed by atoms with Crippen LogP contribution in [0.4, 0.5) is 5.69 Å². The van der Waals surface area contributed by atoms with Gasteiger partial charge in [0.25, 0.3) is 11.6 Å². The summed E-state index contributed by atoms with van der Waals surface area (Å²) in [5.41, 5.74) is 5.10. The van der Waals surface area contributed by atoms with Gasteiger partial charge < -0.3 is 9.47 Å². The fourth-order valence-electron chi connectivity index (χ4n) is 2.24. The Morgan fingerprint density at radius 1 is 1.04 bits per heavy atom. The number of carbonyl (C=O) groups is 2. The Morgan fingerprint density at radius 3 is 2.21 bits per heavy atom. The third kappa shape index (κ3) is 6.27. The van der Waals surface area contributed by atoms with Crippen molar-refractivity contribution in [3.8, 4) is 11.5 Å². The third-order valence-electron chi connectivity index (χ3n) is 3.65. The smallest absolute Gasteiger partial charge is 0.279 e. The van der Waals surface area contributed by atoms with E-state index >= 15 is 0 Å². The van der Waals surface area contributed by atoms with Crippen molar-refractivity contribution in [1.29, 1.82) is 0 Å². The van der Waals surface area contributed by atoms with Gasteiger partial charge in [0.05, 0.1) is 18.0 Å². The maximum absolute atomic E-state index is 12.0. The van der Waals surface area contributed by atoms with Gasteiger partial charge in [0.1, 0.15) is 11.5 Å². The first-order valence-corrected chi connectivity index (χ1v) is 8.60. The summed E-state index contributed by atoms with van der Waals surface area (Å²) in [6.45, 7) is 3.99. The van der Waals surface area contributed by atoms with Crippen LogP contribution >= 0.6 is 0 Å². The zero-order valence-electron chi connectivity index (χ0n) is 15.5. The summed E-state index contributed by atoms with van der Waals surface area (Å²) in [6, 6.07) is 12.4. The molecule has 0 radical (unpaired) electrons. The highest BCUT2D eigenvalue weighted by Crippen LogP contribution is 2.18. The molecule has 28 heavy (non-hydrogen) atoms. The van der Waals surface area contributed by atoms with Crippen molar-refractivity contribution in [2.24, 2.45) is 0 Å². The number of rotatable bonds is 8. The lowest BCUT2D eigenvalue weighted by Crippen LogP contribution is -2.47. The van der Waals surface area contributed by atoms with Crippen molar-refractivity contribution < 1.29 is 24.0 Å². The first-order valence-electron chi connectivity index (χ1n) is 8.60. The molecule has 2 rings (SSSR count). The Labute approximate surface area is 161 Å². The summed E-state index contributed by atoms with van der Waals surface area (Å²) < 4.78 is 10.8. The van der Waals surface area contributed by atoms with Gasteiger partial charge in [-0.25, -0.2) is 0 Å². The molecule has 2 N–H and O–H groups in total. The van der Waals surface area contributed by atoms with E-state index in [2.05, 4.69) is 10.9 Å². The SMILES string of the molecule is CCOc1ccc(O[C@@H](C)C(=O)NNC(=O)Cc2ccc([N+](=O)[O-])cc2)cc1. The molecule has 0 spiro atoms. The predicted molar refractivity (Wildman–Crippen MR) is 101 cm³/mol. The number of nitrogens with one attached hydrogen (secondary N) is 2. The van der Waals surface area contributed by atoms with E-state index in [4.69, 9.17) is 9.47 Å². The molecule has 0 saturated carbocycles. The number of carbonyl (C=O) groups excluding carboxylic acids is 2. The van der Waals surface area contributed by atoms with Gasteiger partial charge in [-0.2, -0.15) is 0 Å². The monoisotopic (exact) mass is 387 g/mol. The van der Waals surface area contributed by atoms with Crippen LogP contribution in [0.1, 0.15) is 19.4 Å². The van der Waals surface area contributed by atoms with Crippen LogP contribution in [-0.4, -0.2) is 29.4 Å². The molecule has 9 heteroatoms. The maximum Gasteiger partial charge on any atom is 0.279 e.